The Hall–Kier alpha value is -3.23. The lowest BCUT2D eigenvalue weighted by Gasteiger charge is -2.23. The second kappa shape index (κ2) is 9.50. The van der Waals surface area contributed by atoms with E-state index in [0.29, 0.717) is 18.1 Å². The van der Waals surface area contributed by atoms with Gasteiger partial charge >= 0.3 is 12.1 Å². The monoisotopic (exact) mass is 450 g/mol. The van der Waals surface area contributed by atoms with Crippen molar-refractivity contribution in [2.75, 3.05) is 18.0 Å². The molecule has 0 spiro atoms. The number of anilines is 1. The Labute approximate surface area is 184 Å². The highest BCUT2D eigenvalue weighted by Gasteiger charge is 2.32. The SMILES string of the molecule is CC(C)(C)OC(=O)N[C@H]1CCN(c2c(F)cc(C(=O)OCc3ccccc3)c(F)c2F)C1. The molecule has 0 unspecified atom stereocenters. The molecule has 2 aromatic rings. The minimum atomic E-state index is -1.48. The second-order valence-electron chi connectivity index (χ2n) is 8.52. The maximum absolute atomic E-state index is 14.7. The molecule has 1 atom stereocenters. The second-order valence-corrected chi connectivity index (χ2v) is 8.52. The van der Waals surface area contributed by atoms with Crippen LogP contribution in [0.2, 0.25) is 0 Å². The number of nitrogens with one attached hydrogen (secondary N) is 1. The Kier molecular flexibility index (Phi) is 6.96. The third kappa shape index (κ3) is 5.72. The maximum atomic E-state index is 14.7. The number of hydrogen-bond donors (Lipinski definition) is 1. The molecule has 1 N–H and O–H groups in total. The van der Waals surface area contributed by atoms with Gasteiger partial charge in [0.25, 0.3) is 0 Å². The number of hydrogen-bond acceptors (Lipinski definition) is 5. The summed E-state index contributed by atoms with van der Waals surface area (Å²) in [6, 6.07) is 8.85. The molecule has 172 valence electrons. The molecule has 3 rings (SSSR count). The summed E-state index contributed by atoms with van der Waals surface area (Å²) in [4.78, 5) is 25.4. The fourth-order valence-electron chi connectivity index (χ4n) is 3.38. The van der Waals surface area contributed by atoms with Crippen molar-refractivity contribution in [2.45, 2.75) is 45.4 Å². The number of amides is 1. The molecule has 0 radical (unpaired) electrons. The van der Waals surface area contributed by atoms with Gasteiger partial charge in [0, 0.05) is 13.1 Å². The van der Waals surface area contributed by atoms with Crippen molar-refractivity contribution < 1.29 is 32.2 Å². The van der Waals surface area contributed by atoms with E-state index in [0.717, 1.165) is 0 Å². The average molecular weight is 450 g/mol. The molecule has 1 aliphatic rings. The fourth-order valence-corrected chi connectivity index (χ4v) is 3.38. The lowest BCUT2D eigenvalue weighted by atomic mass is 10.1. The summed E-state index contributed by atoms with van der Waals surface area (Å²) in [6.07, 6.45) is -0.256. The molecular formula is C23H25F3N2O4. The van der Waals surface area contributed by atoms with Gasteiger partial charge in [0.2, 0.25) is 0 Å². The zero-order chi connectivity index (χ0) is 23.5. The molecule has 0 aliphatic carbocycles. The van der Waals surface area contributed by atoms with Crippen molar-refractivity contribution in [3.63, 3.8) is 0 Å². The van der Waals surface area contributed by atoms with E-state index in [1.54, 1.807) is 51.1 Å². The van der Waals surface area contributed by atoms with Crippen LogP contribution < -0.4 is 10.2 Å². The van der Waals surface area contributed by atoms with Crippen LogP contribution in [0.3, 0.4) is 0 Å². The number of carbonyl (C=O) groups is 2. The van der Waals surface area contributed by atoms with Gasteiger partial charge in [0.1, 0.15) is 23.5 Å². The summed E-state index contributed by atoms with van der Waals surface area (Å²) < 4.78 is 54.2. The molecule has 1 heterocycles. The van der Waals surface area contributed by atoms with E-state index in [1.165, 1.54) is 4.90 Å². The molecule has 0 bridgehead atoms. The first kappa shape index (κ1) is 23.4. The molecule has 0 aromatic heterocycles. The first-order valence-corrected chi connectivity index (χ1v) is 10.2. The Morgan fingerprint density at radius 1 is 1.12 bits per heavy atom. The normalized spacial score (nSPS) is 16.1. The van der Waals surface area contributed by atoms with E-state index in [4.69, 9.17) is 9.47 Å². The van der Waals surface area contributed by atoms with Crippen LogP contribution in [0.5, 0.6) is 0 Å². The van der Waals surface area contributed by atoms with Crippen LogP contribution in [0.25, 0.3) is 0 Å². The van der Waals surface area contributed by atoms with Crippen molar-refractivity contribution in [3.05, 3.63) is 65.0 Å². The average Bonchev–Trinajstić information content (AvgIpc) is 3.16. The van der Waals surface area contributed by atoms with Crippen LogP contribution in [0.4, 0.5) is 23.7 Å². The van der Waals surface area contributed by atoms with Crippen molar-refractivity contribution in [3.8, 4) is 0 Å². The van der Waals surface area contributed by atoms with Crippen LogP contribution in [-0.4, -0.2) is 36.8 Å². The van der Waals surface area contributed by atoms with E-state index in [1.807, 2.05) is 0 Å². The Morgan fingerprint density at radius 2 is 1.81 bits per heavy atom. The van der Waals surface area contributed by atoms with E-state index < -0.39 is 52.4 Å². The maximum Gasteiger partial charge on any atom is 0.407 e. The molecule has 9 heteroatoms. The third-order valence-corrected chi connectivity index (χ3v) is 4.79. The Balaban J connectivity index is 1.69. The molecule has 6 nitrogen and oxygen atoms in total. The lowest BCUT2D eigenvalue weighted by Crippen LogP contribution is -2.40. The van der Waals surface area contributed by atoms with E-state index in [-0.39, 0.29) is 19.7 Å². The third-order valence-electron chi connectivity index (χ3n) is 4.79. The first-order chi connectivity index (χ1) is 15.0. The number of ether oxygens (including phenoxy) is 2. The minimum Gasteiger partial charge on any atom is -0.457 e. The number of benzene rings is 2. The number of carbonyl (C=O) groups excluding carboxylic acids is 2. The standard InChI is InChI=1S/C23H25F3N2O4/c1-23(2,3)32-22(30)27-15-9-10-28(12-15)20-17(24)11-16(18(25)19(20)26)21(29)31-13-14-7-5-4-6-8-14/h4-8,11,15H,9-10,12-13H2,1-3H3,(H,27,30)/t15-/m0/s1. The van der Waals surface area contributed by atoms with Crippen LogP contribution in [-0.2, 0) is 16.1 Å². The first-order valence-electron chi connectivity index (χ1n) is 10.2. The molecule has 1 saturated heterocycles. The van der Waals surface area contributed by atoms with Gasteiger partial charge in [0.15, 0.2) is 17.5 Å². The van der Waals surface area contributed by atoms with Crippen molar-refractivity contribution in [2.24, 2.45) is 0 Å². The number of esters is 1. The van der Waals surface area contributed by atoms with Crippen LogP contribution in [0.1, 0.15) is 43.1 Å². The predicted molar refractivity (Wildman–Crippen MR) is 112 cm³/mol. The molecular weight excluding hydrogens is 425 g/mol. The van der Waals surface area contributed by atoms with Gasteiger partial charge in [-0.3, -0.25) is 0 Å². The number of rotatable bonds is 5. The lowest BCUT2D eigenvalue weighted by molar-refractivity contribution is 0.0463. The molecule has 1 fully saturated rings. The summed E-state index contributed by atoms with van der Waals surface area (Å²) in [7, 11) is 0. The van der Waals surface area contributed by atoms with Gasteiger partial charge in [-0.15, -0.1) is 0 Å². The molecule has 2 aromatic carbocycles. The molecule has 1 amide bonds. The topological polar surface area (TPSA) is 67.9 Å². The van der Waals surface area contributed by atoms with E-state index in [2.05, 4.69) is 5.32 Å². The molecule has 32 heavy (non-hydrogen) atoms. The summed E-state index contributed by atoms with van der Waals surface area (Å²) in [5.74, 6) is -5.22. The van der Waals surface area contributed by atoms with Gasteiger partial charge in [-0.1, -0.05) is 30.3 Å². The minimum absolute atomic E-state index is 0.0598. The van der Waals surface area contributed by atoms with E-state index >= 15 is 0 Å². The smallest absolute Gasteiger partial charge is 0.407 e. The quantitative estimate of drug-likeness (QED) is 0.534. The number of halogens is 3. The molecule has 1 aliphatic heterocycles. The highest BCUT2D eigenvalue weighted by Crippen LogP contribution is 2.31. The van der Waals surface area contributed by atoms with Crippen LogP contribution >= 0.6 is 0 Å². The predicted octanol–water partition coefficient (Wildman–Crippen LogP) is 4.56. The Morgan fingerprint density at radius 3 is 2.47 bits per heavy atom. The highest BCUT2D eigenvalue weighted by atomic mass is 19.2. The number of nitrogens with zero attached hydrogens (tertiary/aromatic N) is 1. The van der Waals surface area contributed by atoms with Crippen LogP contribution in [0.15, 0.2) is 36.4 Å². The van der Waals surface area contributed by atoms with Gasteiger partial charge in [0.05, 0.1) is 6.04 Å². The van der Waals surface area contributed by atoms with Gasteiger partial charge in [-0.25, -0.2) is 22.8 Å². The van der Waals surface area contributed by atoms with Gasteiger partial charge < -0.3 is 19.7 Å². The van der Waals surface area contributed by atoms with E-state index in [9.17, 15) is 22.8 Å². The summed E-state index contributed by atoms with van der Waals surface area (Å²) in [5.41, 5.74) is -1.44. The molecule has 0 saturated carbocycles. The van der Waals surface area contributed by atoms with Gasteiger partial charge in [-0.05, 0) is 38.8 Å². The largest absolute Gasteiger partial charge is 0.457 e. The zero-order valence-electron chi connectivity index (χ0n) is 18.1. The summed E-state index contributed by atoms with van der Waals surface area (Å²) in [6.45, 7) is 5.23. The summed E-state index contributed by atoms with van der Waals surface area (Å²) >= 11 is 0. The van der Waals surface area contributed by atoms with Crippen molar-refractivity contribution >= 4 is 17.7 Å². The van der Waals surface area contributed by atoms with Crippen molar-refractivity contribution in [1.82, 2.24) is 5.32 Å². The zero-order valence-corrected chi connectivity index (χ0v) is 18.1. The van der Waals surface area contributed by atoms with Crippen LogP contribution in [0, 0.1) is 17.5 Å². The number of alkyl carbamates (subject to hydrolysis) is 1. The highest BCUT2D eigenvalue weighted by molar-refractivity contribution is 5.90. The Bertz CT molecular complexity index is 993. The summed E-state index contributed by atoms with van der Waals surface area (Å²) in [5, 5.41) is 2.64. The fraction of sp³-hybridized carbons (Fsp3) is 0.391. The van der Waals surface area contributed by atoms with Crippen molar-refractivity contribution in [1.29, 1.82) is 0 Å². The van der Waals surface area contributed by atoms with Gasteiger partial charge in [-0.2, -0.15) is 0 Å².